The maximum absolute atomic E-state index is 5.39. The molecule has 0 unspecified atom stereocenters. The van der Waals surface area contributed by atoms with Crippen LogP contribution < -0.4 is 5.32 Å². The van der Waals surface area contributed by atoms with Crippen LogP contribution in [0.2, 0.25) is 0 Å². The molecule has 0 aliphatic rings. The number of hydrogen-bond acceptors (Lipinski definition) is 4. The maximum Gasteiger partial charge on any atom is 0.122 e. The average Bonchev–Trinajstić information content (AvgIpc) is 2.81. The Morgan fingerprint density at radius 2 is 2.22 bits per heavy atom. The van der Waals surface area contributed by atoms with Crippen LogP contribution in [0.3, 0.4) is 0 Å². The standard InChI is InChI=1S/C13H25N3O2/c1-3-7-16-8-6-15-13(16)12-14-5-4-9-18-11-10-17-2/h6,8,14H,3-5,7,9-12H2,1-2H3. The van der Waals surface area contributed by atoms with Crippen LogP contribution in [-0.2, 0) is 22.6 Å². The minimum Gasteiger partial charge on any atom is -0.382 e. The van der Waals surface area contributed by atoms with Crippen LogP contribution in [0.25, 0.3) is 0 Å². The van der Waals surface area contributed by atoms with Crippen molar-refractivity contribution in [3.8, 4) is 0 Å². The van der Waals surface area contributed by atoms with Crippen molar-refractivity contribution in [2.45, 2.75) is 32.9 Å². The van der Waals surface area contributed by atoms with E-state index in [1.54, 1.807) is 7.11 Å². The van der Waals surface area contributed by atoms with E-state index in [1.807, 2.05) is 12.4 Å². The Balaban J connectivity index is 2.01. The molecule has 1 aromatic heterocycles. The number of nitrogens with zero attached hydrogens (tertiary/aromatic N) is 2. The topological polar surface area (TPSA) is 48.3 Å². The van der Waals surface area contributed by atoms with Crippen LogP contribution in [0.1, 0.15) is 25.6 Å². The molecule has 1 heterocycles. The Hall–Kier alpha value is -0.910. The van der Waals surface area contributed by atoms with E-state index in [1.165, 1.54) is 0 Å². The Kier molecular flexibility index (Phi) is 8.46. The number of aryl methyl sites for hydroxylation is 1. The third kappa shape index (κ3) is 6.14. The lowest BCUT2D eigenvalue weighted by Crippen LogP contribution is -2.19. The fraction of sp³-hybridized carbons (Fsp3) is 0.769. The molecule has 0 amide bonds. The number of ether oxygens (including phenoxy) is 2. The molecule has 0 aliphatic heterocycles. The monoisotopic (exact) mass is 255 g/mol. The SMILES string of the molecule is CCCn1ccnc1CNCCCOCCOC. The van der Waals surface area contributed by atoms with Gasteiger partial charge in [0.25, 0.3) is 0 Å². The molecular formula is C13H25N3O2. The van der Waals surface area contributed by atoms with Crippen molar-refractivity contribution in [2.24, 2.45) is 0 Å². The van der Waals surface area contributed by atoms with Crippen LogP contribution in [-0.4, -0.2) is 43.0 Å². The molecule has 5 nitrogen and oxygen atoms in total. The van der Waals surface area contributed by atoms with Gasteiger partial charge in [-0.1, -0.05) is 6.92 Å². The smallest absolute Gasteiger partial charge is 0.122 e. The van der Waals surface area contributed by atoms with Crippen molar-refractivity contribution in [1.29, 1.82) is 0 Å². The fourth-order valence-corrected chi connectivity index (χ4v) is 1.70. The molecule has 0 saturated heterocycles. The predicted molar refractivity (Wildman–Crippen MR) is 71.5 cm³/mol. The van der Waals surface area contributed by atoms with E-state index in [0.717, 1.165) is 44.9 Å². The molecular weight excluding hydrogens is 230 g/mol. The highest BCUT2D eigenvalue weighted by molar-refractivity contribution is 4.91. The van der Waals surface area contributed by atoms with Gasteiger partial charge in [0.05, 0.1) is 19.8 Å². The Morgan fingerprint density at radius 3 is 3.00 bits per heavy atom. The molecule has 18 heavy (non-hydrogen) atoms. The molecule has 0 spiro atoms. The number of hydrogen-bond donors (Lipinski definition) is 1. The Labute approximate surface area is 109 Å². The first-order valence-corrected chi connectivity index (χ1v) is 6.66. The van der Waals surface area contributed by atoms with E-state index in [9.17, 15) is 0 Å². The molecule has 0 bridgehead atoms. The van der Waals surface area contributed by atoms with Gasteiger partial charge in [0, 0.05) is 32.7 Å². The average molecular weight is 255 g/mol. The zero-order valence-electron chi connectivity index (χ0n) is 11.5. The Morgan fingerprint density at radius 1 is 1.33 bits per heavy atom. The largest absolute Gasteiger partial charge is 0.382 e. The number of methoxy groups -OCH3 is 1. The van der Waals surface area contributed by atoms with Gasteiger partial charge >= 0.3 is 0 Å². The predicted octanol–water partition coefficient (Wildman–Crippen LogP) is 1.44. The van der Waals surface area contributed by atoms with Crippen molar-refractivity contribution >= 4 is 0 Å². The summed E-state index contributed by atoms with van der Waals surface area (Å²) >= 11 is 0. The van der Waals surface area contributed by atoms with Crippen molar-refractivity contribution in [1.82, 2.24) is 14.9 Å². The molecule has 104 valence electrons. The normalized spacial score (nSPS) is 11.0. The zero-order chi connectivity index (χ0) is 13.1. The second-order valence-electron chi connectivity index (χ2n) is 4.17. The van der Waals surface area contributed by atoms with E-state index in [0.29, 0.717) is 13.2 Å². The van der Waals surface area contributed by atoms with Gasteiger partial charge in [-0.15, -0.1) is 0 Å². The minimum atomic E-state index is 0.669. The van der Waals surface area contributed by atoms with Crippen molar-refractivity contribution in [3.63, 3.8) is 0 Å². The minimum absolute atomic E-state index is 0.669. The van der Waals surface area contributed by atoms with Gasteiger partial charge in [-0.05, 0) is 19.4 Å². The van der Waals surface area contributed by atoms with Crippen LogP contribution in [0, 0.1) is 0 Å². The van der Waals surface area contributed by atoms with Crippen LogP contribution in [0.5, 0.6) is 0 Å². The summed E-state index contributed by atoms with van der Waals surface area (Å²) in [6, 6.07) is 0. The molecule has 0 saturated carbocycles. The maximum atomic E-state index is 5.39. The summed E-state index contributed by atoms with van der Waals surface area (Å²) in [7, 11) is 1.68. The lowest BCUT2D eigenvalue weighted by Gasteiger charge is -2.08. The summed E-state index contributed by atoms with van der Waals surface area (Å²) in [5.74, 6) is 1.11. The molecule has 0 fully saturated rings. The van der Waals surface area contributed by atoms with E-state index >= 15 is 0 Å². The van der Waals surface area contributed by atoms with Crippen LogP contribution in [0.4, 0.5) is 0 Å². The van der Waals surface area contributed by atoms with Gasteiger partial charge < -0.3 is 19.4 Å². The highest BCUT2D eigenvalue weighted by Crippen LogP contribution is 1.98. The van der Waals surface area contributed by atoms with Crippen LogP contribution in [0.15, 0.2) is 12.4 Å². The number of imidazole rings is 1. The molecule has 0 aliphatic carbocycles. The lowest BCUT2D eigenvalue weighted by molar-refractivity contribution is 0.0694. The Bertz CT molecular complexity index is 302. The molecule has 0 atom stereocenters. The first-order chi connectivity index (χ1) is 8.88. The molecule has 0 radical (unpaired) electrons. The third-order valence-corrected chi connectivity index (χ3v) is 2.62. The first-order valence-electron chi connectivity index (χ1n) is 6.66. The summed E-state index contributed by atoms with van der Waals surface area (Å²) in [6.45, 7) is 7.11. The van der Waals surface area contributed by atoms with Gasteiger partial charge in [-0.3, -0.25) is 0 Å². The quantitative estimate of drug-likeness (QED) is 0.608. The van der Waals surface area contributed by atoms with Gasteiger partial charge in [-0.2, -0.15) is 0 Å². The fourth-order valence-electron chi connectivity index (χ4n) is 1.70. The first kappa shape index (κ1) is 15.1. The molecule has 1 rings (SSSR count). The van der Waals surface area contributed by atoms with E-state index in [4.69, 9.17) is 9.47 Å². The van der Waals surface area contributed by atoms with Crippen molar-refractivity contribution < 1.29 is 9.47 Å². The van der Waals surface area contributed by atoms with E-state index in [-0.39, 0.29) is 0 Å². The number of aromatic nitrogens is 2. The van der Waals surface area contributed by atoms with E-state index in [2.05, 4.69) is 21.8 Å². The summed E-state index contributed by atoms with van der Waals surface area (Å²) in [4.78, 5) is 4.35. The molecule has 1 N–H and O–H groups in total. The summed E-state index contributed by atoms with van der Waals surface area (Å²) in [5.41, 5.74) is 0. The second-order valence-corrected chi connectivity index (χ2v) is 4.17. The molecule has 5 heteroatoms. The molecule has 0 aromatic carbocycles. The van der Waals surface area contributed by atoms with Gasteiger partial charge in [-0.25, -0.2) is 4.98 Å². The van der Waals surface area contributed by atoms with E-state index < -0.39 is 0 Å². The third-order valence-electron chi connectivity index (χ3n) is 2.62. The van der Waals surface area contributed by atoms with Crippen molar-refractivity contribution in [2.75, 3.05) is 33.5 Å². The number of nitrogens with one attached hydrogen (secondary N) is 1. The summed E-state index contributed by atoms with van der Waals surface area (Å²) < 4.78 is 12.5. The van der Waals surface area contributed by atoms with Crippen molar-refractivity contribution in [3.05, 3.63) is 18.2 Å². The zero-order valence-corrected chi connectivity index (χ0v) is 11.5. The van der Waals surface area contributed by atoms with Gasteiger partial charge in [0.1, 0.15) is 5.82 Å². The van der Waals surface area contributed by atoms with Crippen LogP contribution >= 0.6 is 0 Å². The second kappa shape index (κ2) is 10.1. The summed E-state index contributed by atoms with van der Waals surface area (Å²) in [6.07, 6.45) is 6.05. The number of rotatable bonds is 11. The summed E-state index contributed by atoms with van der Waals surface area (Å²) in [5, 5.41) is 3.38. The lowest BCUT2D eigenvalue weighted by atomic mass is 10.4. The van der Waals surface area contributed by atoms with Gasteiger partial charge in [0.15, 0.2) is 0 Å². The highest BCUT2D eigenvalue weighted by atomic mass is 16.5. The highest BCUT2D eigenvalue weighted by Gasteiger charge is 2.00. The molecule has 1 aromatic rings. The van der Waals surface area contributed by atoms with Gasteiger partial charge in [0.2, 0.25) is 0 Å².